The molecule has 0 saturated heterocycles. The SMILES string of the molecule is CCOc1cc(NC(=O)c2ccccc2)c(OCC)cc1NC(=O)COc1ccc(Cl)cc1Cl. The van der Waals surface area contributed by atoms with Crippen molar-refractivity contribution in [1.29, 1.82) is 0 Å². The molecule has 34 heavy (non-hydrogen) atoms. The Hall–Kier alpha value is -3.42. The highest BCUT2D eigenvalue weighted by molar-refractivity contribution is 6.35. The summed E-state index contributed by atoms with van der Waals surface area (Å²) in [6, 6.07) is 16.7. The van der Waals surface area contributed by atoms with E-state index in [-0.39, 0.29) is 12.5 Å². The molecule has 3 aromatic carbocycles. The van der Waals surface area contributed by atoms with Gasteiger partial charge < -0.3 is 24.8 Å². The minimum atomic E-state index is -0.435. The molecule has 0 fully saturated rings. The molecule has 0 atom stereocenters. The predicted octanol–water partition coefficient (Wildman–Crippen LogP) is 6.06. The van der Waals surface area contributed by atoms with E-state index < -0.39 is 5.91 Å². The molecule has 178 valence electrons. The minimum absolute atomic E-state index is 0.288. The molecule has 0 radical (unpaired) electrons. The molecule has 0 saturated carbocycles. The van der Waals surface area contributed by atoms with Crippen LogP contribution in [0.5, 0.6) is 17.2 Å². The van der Waals surface area contributed by atoms with Gasteiger partial charge in [-0.15, -0.1) is 0 Å². The maximum Gasteiger partial charge on any atom is 0.262 e. The van der Waals surface area contributed by atoms with E-state index in [9.17, 15) is 9.59 Å². The Bertz CT molecular complexity index is 1160. The van der Waals surface area contributed by atoms with Crippen LogP contribution in [0.15, 0.2) is 60.7 Å². The molecule has 2 amide bonds. The Morgan fingerprint density at radius 1 is 0.765 bits per heavy atom. The maximum atomic E-state index is 12.7. The minimum Gasteiger partial charge on any atom is -0.492 e. The van der Waals surface area contributed by atoms with Gasteiger partial charge in [-0.1, -0.05) is 41.4 Å². The number of rotatable bonds is 10. The van der Waals surface area contributed by atoms with E-state index in [1.807, 2.05) is 19.9 Å². The highest BCUT2D eigenvalue weighted by Gasteiger charge is 2.17. The summed E-state index contributed by atoms with van der Waals surface area (Å²) in [4.78, 5) is 25.2. The molecule has 7 nitrogen and oxygen atoms in total. The van der Waals surface area contributed by atoms with E-state index in [1.165, 1.54) is 6.07 Å². The van der Waals surface area contributed by atoms with E-state index >= 15 is 0 Å². The van der Waals surface area contributed by atoms with Crippen molar-refractivity contribution in [2.75, 3.05) is 30.5 Å². The number of carbonyl (C=O) groups excluding carboxylic acids is 2. The van der Waals surface area contributed by atoms with Gasteiger partial charge in [-0.3, -0.25) is 9.59 Å². The highest BCUT2D eigenvalue weighted by atomic mass is 35.5. The van der Waals surface area contributed by atoms with Crippen molar-refractivity contribution in [3.8, 4) is 17.2 Å². The monoisotopic (exact) mass is 502 g/mol. The number of nitrogens with one attached hydrogen (secondary N) is 2. The van der Waals surface area contributed by atoms with Crippen LogP contribution in [-0.2, 0) is 4.79 Å². The van der Waals surface area contributed by atoms with E-state index in [0.717, 1.165) is 0 Å². The lowest BCUT2D eigenvalue weighted by Gasteiger charge is -2.18. The van der Waals surface area contributed by atoms with Gasteiger partial charge in [0.2, 0.25) is 0 Å². The summed E-state index contributed by atoms with van der Waals surface area (Å²) >= 11 is 12.0. The largest absolute Gasteiger partial charge is 0.492 e. The van der Waals surface area contributed by atoms with Gasteiger partial charge in [-0.05, 0) is 44.2 Å². The summed E-state index contributed by atoms with van der Waals surface area (Å²) in [7, 11) is 0. The fourth-order valence-electron chi connectivity index (χ4n) is 3.01. The molecule has 0 aromatic heterocycles. The summed E-state index contributed by atoms with van der Waals surface area (Å²) in [5.74, 6) is 0.351. The molecule has 0 aliphatic heterocycles. The molecule has 2 N–H and O–H groups in total. The van der Waals surface area contributed by atoms with Crippen LogP contribution in [0.3, 0.4) is 0 Å². The van der Waals surface area contributed by atoms with E-state index in [0.29, 0.717) is 57.4 Å². The van der Waals surface area contributed by atoms with Crippen molar-refractivity contribution in [3.63, 3.8) is 0 Å². The second kappa shape index (κ2) is 12.2. The number of hydrogen-bond donors (Lipinski definition) is 2. The zero-order valence-electron chi connectivity index (χ0n) is 18.7. The standard InChI is InChI=1S/C25H24Cl2N2O5/c1-3-32-22-14-20(29-25(31)16-8-6-5-7-9-16)23(33-4-2)13-19(22)28-24(30)15-34-21-11-10-17(26)12-18(21)27/h5-14H,3-4,15H2,1-2H3,(H,28,30)(H,29,31). The first-order valence-corrected chi connectivity index (χ1v) is 11.3. The van der Waals surface area contributed by atoms with Crippen molar-refractivity contribution < 1.29 is 23.8 Å². The molecule has 0 bridgehead atoms. The van der Waals surface area contributed by atoms with Crippen LogP contribution < -0.4 is 24.8 Å². The van der Waals surface area contributed by atoms with Gasteiger partial charge in [0, 0.05) is 22.7 Å². The molecule has 0 unspecified atom stereocenters. The van der Waals surface area contributed by atoms with Crippen LogP contribution in [0.4, 0.5) is 11.4 Å². The van der Waals surface area contributed by atoms with Gasteiger partial charge in [0.05, 0.1) is 29.6 Å². The third-order valence-corrected chi connectivity index (χ3v) is 5.02. The summed E-state index contributed by atoms with van der Waals surface area (Å²) in [5, 5.41) is 6.36. The summed E-state index contributed by atoms with van der Waals surface area (Å²) < 4.78 is 16.9. The molecule has 9 heteroatoms. The number of ether oxygens (including phenoxy) is 3. The van der Waals surface area contributed by atoms with Crippen molar-refractivity contribution in [3.05, 3.63) is 76.3 Å². The van der Waals surface area contributed by atoms with E-state index in [2.05, 4.69) is 10.6 Å². The molecule has 3 rings (SSSR count). The van der Waals surface area contributed by atoms with Crippen LogP contribution in [-0.4, -0.2) is 31.6 Å². The van der Waals surface area contributed by atoms with Gasteiger partial charge >= 0.3 is 0 Å². The lowest BCUT2D eigenvalue weighted by molar-refractivity contribution is -0.118. The fourth-order valence-corrected chi connectivity index (χ4v) is 3.47. The number of anilines is 2. The Kier molecular flexibility index (Phi) is 9.01. The first kappa shape index (κ1) is 25.2. The number of amides is 2. The van der Waals surface area contributed by atoms with Gasteiger partial charge in [0.15, 0.2) is 6.61 Å². The fraction of sp³-hybridized carbons (Fsp3) is 0.200. The zero-order chi connectivity index (χ0) is 24.5. The quantitative estimate of drug-likeness (QED) is 0.351. The van der Waals surface area contributed by atoms with Crippen molar-refractivity contribution in [1.82, 2.24) is 0 Å². The van der Waals surface area contributed by atoms with Crippen molar-refractivity contribution >= 4 is 46.4 Å². The molecule has 0 spiro atoms. The van der Waals surface area contributed by atoms with E-state index in [1.54, 1.807) is 48.5 Å². The first-order valence-electron chi connectivity index (χ1n) is 10.6. The summed E-state index contributed by atoms with van der Waals surface area (Å²) in [6.45, 7) is 4.05. The molecule has 0 aliphatic rings. The van der Waals surface area contributed by atoms with Crippen LogP contribution in [0.2, 0.25) is 10.0 Å². The van der Waals surface area contributed by atoms with Crippen molar-refractivity contribution in [2.24, 2.45) is 0 Å². The predicted molar refractivity (Wildman–Crippen MR) is 134 cm³/mol. The average molecular weight is 503 g/mol. The van der Waals surface area contributed by atoms with Crippen LogP contribution >= 0.6 is 23.2 Å². The molecular weight excluding hydrogens is 479 g/mol. The molecular formula is C25H24Cl2N2O5. The average Bonchev–Trinajstić information content (AvgIpc) is 2.82. The van der Waals surface area contributed by atoms with Gasteiger partial charge in [-0.2, -0.15) is 0 Å². The number of hydrogen-bond acceptors (Lipinski definition) is 5. The van der Waals surface area contributed by atoms with Gasteiger partial charge in [0.25, 0.3) is 11.8 Å². The lowest BCUT2D eigenvalue weighted by Crippen LogP contribution is -2.21. The van der Waals surface area contributed by atoms with E-state index in [4.69, 9.17) is 37.4 Å². The molecule has 0 aliphatic carbocycles. The topological polar surface area (TPSA) is 85.9 Å². The maximum absolute atomic E-state index is 12.7. The summed E-state index contributed by atoms with van der Waals surface area (Å²) in [6.07, 6.45) is 0. The second-order valence-corrected chi connectivity index (χ2v) is 7.79. The Morgan fingerprint density at radius 2 is 1.38 bits per heavy atom. The molecule has 0 heterocycles. The third kappa shape index (κ3) is 6.79. The summed E-state index contributed by atoms with van der Waals surface area (Å²) in [5.41, 5.74) is 1.29. The third-order valence-electron chi connectivity index (χ3n) is 4.49. The molecule has 3 aromatic rings. The Morgan fingerprint density at radius 3 is 1.97 bits per heavy atom. The number of carbonyl (C=O) groups is 2. The second-order valence-electron chi connectivity index (χ2n) is 6.94. The zero-order valence-corrected chi connectivity index (χ0v) is 20.2. The van der Waals surface area contributed by atoms with Crippen molar-refractivity contribution in [2.45, 2.75) is 13.8 Å². The lowest BCUT2D eigenvalue weighted by atomic mass is 10.2. The first-order chi connectivity index (χ1) is 16.4. The number of halogens is 2. The van der Waals surface area contributed by atoms with Gasteiger partial charge in [0.1, 0.15) is 17.2 Å². The van der Waals surface area contributed by atoms with Crippen LogP contribution in [0.25, 0.3) is 0 Å². The van der Waals surface area contributed by atoms with Gasteiger partial charge in [-0.25, -0.2) is 0 Å². The highest BCUT2D eigenvalue weighted by Crippen LogP contribution is 2.37. The van der Waals surface area contributed by atoms with Crippen LogP contribution in [0.1, 0.15) is 24.2 Å². The smallest absolute Gasteiger partial charge is 0.262 e. The Balaban J connectivity index is 1.79. The normalized spacial score (nSPS) is 10.4. The number of benzene rings is 3. The Labute approximate surface area is 207 Å². The van der Waals surface area contributed by atoms with Crippen LogP contribution in [0, 0.1) is 0 Å².